The molecule has 0 saturated heterocycles. The van der Waals surface area contributed by atoms with Crippen LogP contribution in [-0.4, -0.2) is 49.0 Å². The minimum atomic E-state index is -1.41. The molecule has 33 heavy (non-hydrogen) atoms. The van der Waals surface area contributed by atoms with E-state index in [0.29, 0.717) is 11.6 Å². The third-order valence-corrected chi connectivity index (χ3v) is 5.42. The van der Waals surface area contributed by atoms with Crippen LogP contribution in [0.1, 0.15) is 26.3 Å². The average Bonchev–Trinajstić information content (AvgIpc) is 3.11. The Balaban J connectivity index is 1.99. The number of aliphatic imine (C=N–C) groups is 1. The molecule has 0 radical (unpaired) electrons. The van der Waals surface area contributed by atoms with Gasteiger partial charge in [0.15, 0.2) is 0 Å². The first kappa shape index (κ1) is 24.2. The topological polar surface area (TPSA) is 94.1 Å². The molecule has 1 aliphatic heterocycles. The van der Waals surface area contributed by atoms with Gasteiger partial charge in [0.2, 0.25) is 11.5 Å². The number of hydrogen-bond donors (Lipinski definition) is 1. The van der Waals surface area contributed by atoms with E-state index in [1.165, 1.54) is 0 Å². The summed E-state index contributed by atoms with van der Waals surface area (Å²) >= 11 is 0. The van der Waals surface area contributed by atoms with Crippen molar-refractivity contribution in [2.24, 2.45) is 4.99 Å². The number of rotatable bonds is 7. The number of carbonyl (C=O) groups is 2. The molecule has 0 saturated carbocycles. The Labute approximate surface area is 194 Å². The standard InChI is InChI=1S/C25H30N4O4/c1-25(2,3)29(19-14-10-7-11-15-19)21(23(31)32)22(27-24(29)28(4)5)26-20(30)17-33-16-18-12-8-6-9-13-18/h6-15H,16-17H2,1-5H3,(H-,26,30,31,32). The lowest BCUT2D eigenvalue weighted by atomic mass is 9.97. The number of amides is 1. The van der Waals surface area contributed by atoms with Gasteiger partial charge >= 0.3 is 5.96 Å². The Bertz CT molecular complexity index is 1070. The highest BCUT2D eigenvalue weighted by Crippen LogP contribution is 2.43. The molecule has 1 unspecified atom stereocenters. The summed E-state index contributed by atoms with van der Waals surface area (Å²) in [6, 6.07) is 18.7. The van der Waals surface area contributed by atoms with Crippen LogP contribution < -0.4 is 14.9 Å². The first-order valence-corrected chi connectivity index (χ1v) is 10.7. The Morgan fingerprint density at radius 2 is 1.61 bits per heavy atom. The first-order valence-electron chi connectivity index (χ1n) is 10.7. The van der Waals surface area contributed by atoms with Gasteiger partial charge in [-0.2, -0.15) is 9.48 Å². The Morgan fingerprint density at radius 3 is 2.12 bits per heavy atom. The summed E-state index contributed by atoms with van der Waals surface area (Å²) in [6.07, 6.45) is 0. The van der Waals surface area contributed by atoms with E-state index in [1.807, 2.05) is 81.4 Å². The van der Waals surface area contributed by atoms with Crippen molar-refractivity contribution in [1.82, 2.24) is 14.7 Å². The molecule has 1 N–H and O–H groups in total. The number of nitrogens with zero attached hydrogens (tertiary/aromatic N) is 3. The number of aliphatic carboxylic acids is 1. The van der Waals surface area contributed by atoms with Gasteiger partial charge < -0.3 is 24.9 Å². The number of carbonyl (C=O) groups excluding carboxylic acids is 2. The number of ether oxygens (including phenoxy) is 1. The number of hydrogen-bond acceptors (Lipinski definition) is 6. The lowest BCUT2D eigenvalue weighted by Gasteiger charge is -2.47. The number of quaternary nitrogens is 1. The molecule has 1 atom stereocenters. The van der Waals surface area contributed by atoms with Crippen LogP contribution in [0.25, 0.3) is 0 Å². The number of carboxylic acids is 1. The highest BCUT2D eigenvalue weighted by atomic mass is 16.5. The largest absolute Gasteiger partial charge is 0.540 e. The predicted octanol–water partition coefficient (Wildman–Crippen LogP) is 1.98. The highest BCUT2D eigenvalue weighted by molar-refractivity contribution is 6.07. The van der Waals surface area contributed by atoms with Crippen molar-refractivity contribution < 1.29 is 19.4 Å². The van der Waals surface area contributed by atoms with Gasteiger partial charge in [0.25, 0.3) is 5.91 Å². The molecule has 0 aromatic heterocycles. The molecule has 2 aromatic rings. The van der Waals surface area contributed by atoms with Crippen molar-refractivity contribution in [3.63, 3.8) is 0 Å². The molecular weight excluding hydrogens is 420 g/mol. The van der Waals surface area contributed by atoms with E-state index in [1.54, 1.807) is 19.0 Å². The molecule has 0 aliphatic carbocycles. The normalized spacial score (nSPS) is 18.2. The zero-order valence-corrected chi connectivity index (χ0v) is 19.7. The summed E-state index contributed by atoms with van der Waals surface area (Å²) in [4.78, 5) is 31.5. The lowest BCUT2D eigenvalue weighted by Crippen LogP contribution is -2.68. The van der Waals surface area contributed by atoms with E-state index in [9.17, 15) is 14.7 Å². The van der Waals surface area contributed by atoms with Crippen molar-refractivity contribution >= 4 is 23.5 Å². The van der Waals surface area contributed by atoms with E-state index in [0.717, 1.165) is 5.56 Å². The molecule has 0 bridgehead atoms. The summed E-state index contributed by atoms with van der Waals surface area (Å²) in [5.74, 6) is -1.50. The van der Waals surface area contributed by atoms with Gasteiger partial charge in [-0.3, -0.25) is 4.79 Å². The summed E-state index contributed by atoms with van der Waals surface area (Å²) in [5.41, 5.74) is 0.826. The predicted molar refractivity (Wildman–Crippen MR) is 125 cm³/mol. The molecule has 1 aliphatic rings. The molecule has 0 fully saturated rings. The molecule has 174 valence electrons. The van der Waals surface area contributed by atoms with Crippen LogP contribution in [0.4, 0.5) is 5.69 Å². The number of para-hydroxylation sites is 1. The Morgan fingerprint density at radius 1 is 1.03 bits per heavy atom. The van der Waals surface area contributed by atoms with Crippen LogP contribution in [0.15, 0.2) is 77.2 Å². The number of benzene rings is 2. The molecule has 8 heteroatoms. The van der Waals surface area contributed by atoms with Crippen molar-refractivity contribution in [3.8, 4) is 0 Å². The smallest absolute Gasteiger partial charge is 0.317 e. The SMILES string of the molecule is CN(C)C1=NC(NC(=O)COCc2ccccc2)=C(C(=O)[O-])[N+]1(c1ccccc1)C(C)(C)C. The second kappa shape index (κ2) is 9.56. The van der Waals surface area contributed by atoms with E-state index in [-0.39, 0.29) is 29.2 Å². The maximum absolute atomic E-state index is 12.7. The number of nitrogens with one attached hydrogen (secondary N) is 1. The van der Waals surface area contributed by atoms with Crippen LogP contribution >= 0.6 is 0 Å². The van der Waals surface area contributed by atoms with Crippen LogP contribution in [0, 0.1) is 0 Å². The van der Waals surface area contributed by atoms with Crippen molar-refractivity contribution in [3.05, 3.63) is 77.7 Å². The maximum atomic E-state index is 12.7. The van der Waals surface area contributed by atoms with Gasteiger partial charge in [0, 0.05) is 26.2 Å². The van der Waals surface area contributed by atoms with E-state index >= 15 is 0 Å². The van der Waals surface area contributed by atoms with Crippen molar-refractivity contribution in [2.75, 3.05) is 20.7 Å². The van der Waals surface area contributed by atoms with Crippen molar-refractivity contribution in [1.29, 1.82) is 0 Å². The third kappa shape index (κ3) is 4.67. The molecule has 0 spiro atoms. The van der Waals surface area contributed by atoms with Gasteiger partial charge in [-0.25, -0.2) is 0 Å². The van der Waals surface area contributed by atoms with Crippen LogP contribution in [0.2, 0.25) is 0 Å². The zero-order valence-electron chi connectivity index (χ0n) is 19.7. The fourth-order valence-electron chi connectivity index (χ4n) is 4.13. The Kier molecular flexibility index (Phi) is 7.00. The highest BCUT2D eigenvalue weighted by Gasteiger charge is 2.57. The van der Waals surface area contributed by atoms with Gasteiger partial charge in [0.05, 0.1) is 6.61 Å². The quantitative estimate of drug-likeness (QED) is 0.651. The molecule has 2 aromatic carbocycles. The van der Waals surface area contributed by atoms with E-state index in [4.69, 9.17) is 4.74 Å². The zero-order chi connectivity index (χ0) is 24.2. The van der Waals surface area contributed by atoms with Crippen LogP contribution in [0.3, 0.4) is 0 Å². The Hall–Kier alpha value is -3.49. The monoisotopic (exact) mass is 450 g/mol. The summed E-state index contributed by atoms with van der Waals surface area (Å²) < 4.78 is 5.29. The maximum Gasteiger partial charge on any atom is 0.317 e. The fourth-order valence-corrected chi connectivity index (χ4v) is 4.13. The minimum absolute atomic E-state index is 0.0502. The number of guanidine groups is 1. The van der Waals surface area contributed by atoms with Gasteiger partial charge in [-0.05, 0) is 26.3 Å². The molecule has 1 amide bonds. The molecule has 1 heterocycles. The van der Waals surface area contributed by atoms with Gasteiger partial charge in [-0.15, -0.1) is 0 Å². The van der Waals surface area contributed by atoms with Crippen molar-refractivity contribution in [2.45, 2.75) is 32.9 Å². The second-order valence-electron chi connectivity index (χ2n) is 8.99. The van der Waals surface area contributed by atoms with Gasteiger partial charge in [0.1, 0.15) is 23.8 Å². The lowest BCUT2D eigenvalue weighted by molar-refractivity contribution is -0.301. The third-order valence-electron chi connectivity index (χ3n) is 5.42. The summed E-state index contributed by atoms with van der Waals surface area (Å²) in [6.45, 7) is 5.80. The molecule has 8 nitrogen and oxygen atoms in total. The summed E-state index contributed by atoms with van der Waals surface area (Å²) in [7, 11) is 3.59. The second-order valence-corrected chi connectivity index (χ2v) is 8.99. The summed E-state index contributed by atoms with van der Waals surface area (Å²) in [5, 5.41) is 15.2. The van der Waals surface area contributed by atoms with Gasteiger partial charge in [-0.1, -0.05) is 48.5 Å². The molecular formula is C25H30N4O4. The minimum Gasteiger partial charge on any atom is -0.540 e. The van der Waals surface area contributed by atoms with E-state index < -0.39 is 17.4 Å². The molecule has 3 rings (SSSR count). The van der Waals surface area contributed by atoms with Crippen LogP contribution in [-0.2, 0) is 20.9 Å². The fraction of sp³-hybridized carbons (Fsp3) is 0.320. The van der Waals surface area contributed by atoms with E-state index in [2.05, 4.69) is 10.3 Å². The number of carboxylic acid groups (broad SMARTS) is 1. The average molecular weight is 451 g/mol. The first-order chi connectivity index (χ1) is 15.6. The van der Waals surface area contributed by atoms with Crippen LogP contribution in [0.5, 0.6) is 0 Å².